The zero-order valence-corrected chi connectivity index (χ0v) is 6.09. The highest BCUT2D eigenvalue weighted by Gasteiger charge is 2.24. The van der Waals surface area contributed by atoms with Crippen LogP contribution in [-0.2, 0) is 14.3 Å². The van der Waals surface area contributed by atoms with Gasteiger partial charge in [-0.15, -0.1) is 0 Å². The van der Waals surface area contributed by atoms with Crippen molar-refractivity contribution >= 4 is 17.6 Å². The molecule has 0 aliphatic carbocycles. The highest BCUT2D eigenvalue weighted by molar-refractivity contribution is 6.64. The second kappa shape index (κ2) is 3.14. The molecule has 60 valence electrons. The maximum Gasteiger partial charge on any atom is 0.362 e. The number of carbonyl (C=O) groups is 2. The van der Waals surface area contributed by atoms with E-state index in [-0.39, 0.29) is 19.0 Å². The number of amides is 1. The van der Waals surface area contributed by atoms with Gasteiger partial charge in [0.05, 0.1) is 6.61 Å². The molecule has 0 unspecified atom stereocenters. The van der Waals surface area contributed by atoms with Crippen molar-refractivity contribution in [2.45, 2.75) is 6.92 Å². The van der Waals surface area contributed by atoms with Crippen molar-refractivity contribution in [3.8, 4) is 0 Å². The van der Waals surface area contributed by atoms with E-state index in [1.807, 2.05) is 0 Å². The van der Waals surface area contributed by atoms with Crippen LogP contribution in [0.2, 0.25) is 0 Å². The summed E-state index contributed by atoms with van der Waals surface area (Å²) < 4.78 is 4.57. The monoisotopic (exact) mass is 156 g/mol. The average Bonchev–Trinajstić information content (AvgIpc) is 2.36. The predicted octanol–water partition coefficient (Wildman–Crippen LogP) is -0.922. The number of ether oxygens (including phenoxy) is 1. The number of nitrogens with one attached hydrogen (secondary N) is 1. The summed E-state index contributed by atoms with van der Waals surface area (Å²) in [5.74, 6) is -1.11. The molecule has 1 aliphatic rings. The molecule has 0 aromatic rings. The van der Waals surface area contributed by atoms with E-state index in [9.17, 15) is 9.59 Å². The van der Waals surface area contributed by atoms with Crippen molar-refractivity contribution < 1.29 is 14.3 Å². The van der Waals surface area contributed by atoms with Gasteiger partial charge in [0.2, 0.25) is 5.71 Å². The fourth-order valence-corrected chi connectivity index (χ4v) is 0.703. The summed E-state index contributed by atoms with van der Waals surface area (Å²) in [6.07, 6.45) is 0. The van der Waals surface area contributed by atoms with Crippen LogP contribution < -0.4 is 5.32 Å². The van der Waals surface area contributed by atoms with E-state index in [1.54, 1.807) is 6.92 Å². The van der Waals surface area contributed by atoms with Gasteiger partial charge in [0.1, 0.15) is 6.67 Å². The molecule has 1 amide bonds. The van der Waals surface area contributed by atoms with Gasteiger partial charge in [-0.3, -0.25) is 9.79 Å². The predicted molar refractivity (Wildman–Crippen MR) is 37.1 cm³/mol. The first kappa shape index (κ1) is 7.71. The minimum atomic E-state index is -0.650. The van der Waals surface area contributed by atoms with Crippen molar-refractivity contribution in [2.75, 3.05) is 13.3 Å². The summed E-state index contributed by atoms with van der Waals surface area (Å²) >= 11 is 0. The first-order valence-corrected chi connectivity index (χ1v) is 3.25. The number of esters is 1. The number of nitrogens with zero attached hydrogens (tertiary/aromatic N) is 1. The topological polar surface area (TPSA) is 67.8 Å². The van der Waals surface area contributed by atoms with Crippen LogP contribution in [0.1, 0.15) is 6.92 Å². The van der Waals surface area contributed by atoms with E-state index in [0.29, 0.717) is 0 Å². The summed E-state index contributed by atoms with van der Waals surface area (Å²) in [5, 5.41) is 2.37. The van der Waals surface area contributed by atoms with Gasteiger partial charge in [-0.2, -0.15) is 0 Å². The van der Waals surface area contributed by atoms with E-state index in [2.05, 4.69) is 15.0 Å². The van der Waals surface area contributed by atoms with E-state index in [0.717, 1.165) is 0 Å². The fraction of sp³-hybridized carbons (Fsp3) is 0.500. The summed E-state index contributed by atoms with van der Waals surface area (Å²) in [7, 11) is 0. The molecule has 1 N–H and O–H groups in total. The van der Waals surface area contributed by atoms with Crippen LogP contribution in [0.15, 0.2) is 4.99 Å². The SMILES string of the molecule is CCOC(=O)C1=NCNC1=O. The molecule has 0 aromatic heterocycles. The van der Waals surface area contributed by atoms with Crippen molar-refractivity contribution in [3.05, 3.63) is 0 Å². The minimum Gasteiger partial charge on any atom is -0.461 e. The van der Waals surface area contributed by atoms with Crippen LogP contribution in [0.3, 0.4) is 0 Å². The first-order chi connectivity index (χ1) is 5.25. The Bertz CT molecular complexity index is 222. The second-order valence-electron chi connectivity index (χ2n) is 1.89. The zero-order chi connectivity index (χ0) is 8.27. The number of hydrogen-bond acceptors (Lipinski definition) is 4. The lowest BCUT2D eigenvalue weighted by Gasteiger charge is -1.97. The van der Waals surface area contributed by atoms with Gasteiger partial charge < -0.3 is 10.1 Å². The molecule has 5 heteroatoms. The van der Waals surface area contributed by atoms with Crippen LogP contribution in [0.5, 0.6) is 0 Å². The molecule has 0 atom stereocenters. The zero-order valence-electron chi connectivity index (χ0n) is 6.09. The number of rotatable bonds is 2. The third-order valence-corrected chi connectivity index (χ3v) is 1.16. The standard InChI is InChI=1S/C6H8N2O3/c1-2-11-6(10)4-5(9)8-3-7-4/h2-3H2,1H3,(H,8,9). The smallest absolute Gasteiger partial charge is 0.362 e. The van der Waals surface area contributed by atoms with E-state index >= 15 is 0 Å². The maximum atomic E-state index is 10.8. The second-order valence-corrected chi connectivity index (χ2v) is 1.89. The Hall–Kier alpha value is -1.39. The normalized spacial score (nSPS) is 15.7. The lowest BCUT2D eigenvalue weighted by molar-refractivity contribution is -0.135. The summed E-state index contributed by atoms with van der Waals surface area (Å²) in [5.41, 5.74) is -0.133. The molecule has 0 spiro atoms. The average molecular weight is 156 g/mol. The van der Waals surface area contributed by atoms with E-state index in [4.69, 9.17) is 0 Å². The van der Waals surface area contributed by atoms with E-state index in [1.165, 1.54) is 0 Å². The number of carbonyl (C=O) groups excluding carboxylic acids is 2. The Morgan fingerprint density at radius 3 is 3.00 bits per heavy atom. The van der Waals surface area contributed by atoms with Crippen molar-refractivity contribution in [1.82, 2.24) is 5.32 Å². The summed E-state index contributed by atoms with van der Waals surface area (Å²) in [4.78, 5) is 25.2. The van der Waals surface area contributed by atoms with Gasteiger partial charge in [0.15, 0.2) is 0 Å². The quantitative estimate of drug-likeness (QED) is 0.525. The van der Waals surface area contributed by atoms with Gasteiger partial charge in [0, 0.05) is 0 Å². The highest BCUT2D eigenvalue weighted by Crippen LogP contribution is 1.91. The lowest BCUT2D eigenvalue weighted by Crippen LogP contribution is -2.29. The van der Waals surface area contributed by atoms with Gasteiger partial charge in [-0.05, 0) is 6.92 Å². The Morgan fingerprint density at radius 1 is 1.82 bits per heavy atom. The first-order valence-electron chi connectivity index (χ1n) is 3.25. The van der Waals surface area contributed by atoms with Gasteiger partial charge in [-0.25, -0.2) is 4.79 Å². The van der Waals surface area contributed by atoms with Crippen LogP contribution >= 0.6 is 0 Å². The van der Waals surface area contributed by atoms with Crippen LogP contribution in [0.4, 0.5) is 0 Å². The summed E-state index contributed by atoms with van der Waals surface area (Å²) in [6.45, 7) is 2.10. The van der Waals surface area contributed by atoms with Gasteiger partial charge >= 0.3 is 5.97 Å². The number of aliphatic imine (C=N–C) groups is 1. The van der Waals surface area contributed by atoms with Crippen molar-refractivity contribution in [1.29, 1.82) is 0 Å². The van der Waals surface area contributed by atoms with Crippen molar-refractivity contribution in [3.63, 3.8) is 0 Å². The van der Waals surface area contributed by atoms with E-state index < -0.39 is 11.9 Å². The third-order valence-electron chi connectivity index (χ3n) is 1.16. The Kier molecular flexibility index (Phi) is 2.20. The van der Waals surface area contributed by atoms with Crippen LogP contribution in [0, 0.1) is 0 Å². The van der Waals surface area contributed by atoms with Crippen LogP contribution in [0.25, 0.3) is 0 Å². The lowest BCUT2D eigenvalue weighted by atomic mass is 10.4. The molecule has 0 radical (unpaired) electrons. The Balaban J connectivity index is 2.60. The van der Waals surface area contributed by atoms with Gasteiger partial charge in [0.25, 0.3) is 5.91 Å². The molecule has 0 bridgehead atoms. The maximum absolute atomic E-state index is 10.8. The molecule has 0 fully saturated rings. The highest BCUT2D eigenvalue weighted by atomic mass is 16.5. The molecule has 0 aromatic carbocycles. The van der Waals surface area contributed by atoms with Crippen molar-refractivity contribution in [2.24, 2.45) is 4.99 Å². The molecule has 0 saturated carbocycles. The fourth-order valence-electron chi connectivity index (χ4n) is 0.703. The molecular formula is C6H8N2O3. The Labute approximate surface area is 63.4 Å². The number of hydrogen-bond donors (Lipinski definition) is 1. The Morgan fingerprint density at radius 2 is 2.55 bits per heavy atom. The molecule has 5 nitrogen and oxygen atoms in total. The van der Waals surface area contributed by atoms with Crippen LogP contribution in [-0.4, -0.2) is 30.9 Å². The third kappa shape index (κ3) is 1.54. The minimum absolute atomic E-state index is 0.133. The molecular weight excluding hydrogens is 148 g/mol. The summed E-state index contributed by atoms with van der Waals surface area (Å²) in [6, 6.07) is 0. The molecule has 1 rings (SSSR count). The largest absolute Gasteiger partial charge is 0.461 e. The molecule has 11 heavy (non-hydrogen) atoms. The molecule has 1 aliphatic heterocycles. The molecule has 0 saturated heterocycles. The molecule has 1 heterocycles. The van der Waals surface area contributed by atoms with Gasteiger partial charge in [-0.1, -0.05) is 0 Å².